The fourth-order valence-electron chi connectivity index (χ4n) is 1.78. The number of nitrogens with two attached hydrogens (primary N) is 1. The van der Waals surface area contributed by atoms with Gasteiger partial charge in [0.05, 0.1) is 0 Å². The molecule has 0 aliphatic heterocycles. The van der Waals surface area contributed by atoms with Gasteiger partial charge in [0.2, 0.25) is 0 Å². The second-order valence-electron chi connectivity index (χ2n) is 4.05. The quantitative estimate of drug-likeness (QED) is 0.889. The Balaban J connectivity index is 0.00000128. The van der Waals surface area contributed by atoms with Crippen LogP contribution in [-0.2, 0) is 6.42 Å². The predicted molar refractivity (Wildman–Crippen MR) is 73.3 cm³/mol. The topological polar surface area (TPSA) is 46.2 Å². The van der Waals surface area contributed by atoms with Gasteiger partial charge < -0.3 is 10.8 Å². The number of hydrogen-bond donors (Lipinski definition) is 2. The molecule has 0 heterocycles. The molecule has 0 aromatic heterocycles. The lowest BCUT2D eigenvalue weighted by Gasteiger charge is -2.06. The van der Waals surface area contributed by atoms with E-state index in [0.717, 1.165) is 17.2 Å². The first-order valence-corrected chi connectivity index (χ1v) is 5.12. The molecule has 86 valence electrons. The van der Waals surface area contributed by atoms with Crippen LogP contribution < -0.4 is 5.73 Å². The summed E-state index contributed by atoms with van der Waals surface area (Å²) in [4.78, 5) is 0. The van der Waals surface area contributed by atoms with Gasteiger partial charge in [0.25, 0.3) is 0 Å². The molecule has 0 saturated heterocycles. The SMILES string of the molecule is Br.CC(N)Cc1ccc2cc(O)ccc2c1. The second kappa shape index (κ2) is 5.32. The van der Waals surface area contributed by atoms with Crippen molar-refractivity contribution in [1.82, 2.24) is 0 Å². The van der Waals surface area contributed by atoms with E-state index < -0.39 is 0 Å². The van der Waals surface area contributed by atoms with Crippen LogP contribution in [0.4, 0.5) is 0 Å². The first-order valence-electron chi connectivity index (χ1n) is 5.12. The van der Waals surface area contributed by atoms with Gasteiger partial charge in [0.1, 0.15) is 5.75 Å². The Bertz CT molecular complexity index is 482. The van der Waals surface area contributed by atoms with Crippen LogP contribution in [0.1, 0.15) is 12.5 Å². The highest BCUT2D eigenvalue weighted by atomic mass is 79.9. The Hall–Kier alpha value is -1.06. The molecule has 2 aromatic rings. The van der Waals surface area contributed by atoms with Gasteiger partial charge in [-0.05, 0) is 41.8 Å². The van der Waals surface area contributed by atoms with Gasteiger partial charge in [-0.25, -0.2) is 0 Å². The highest BCUT2D eigenvalue weighted by Gasteiger charge is 2.00. The fraction of sp³-hybridized carbons (Fsp3) is 0.231. The molecular formula is C13H16BrNO. The smallest absolute Gasteiger partial charge is 0.116 e. The van der Waals surface area contributed by atoms with Crippen LogP contribution in [0, 0.1) is 0 Å². The molecule has 0 saturated carbocycles. The number of aromatic hydroxyl groups is 1. The Morgan fingerprint density at radius 3 is 2.44 bits per heavy atom. The maximum Gasteiger partial charge on any atom is 0.116 e. The van der Waals surface area contributed by atoms with Crippen molar-refractivity contribution in [2.75, 3.05) is 0 Å². The molecule has 2 nitrogen and oxygen atoms in total. The minimum Gasteiger partial charge on any atom is -0.508 e. The van der Waals surface area contributed by atoms with Gasteiger partial charge in [0.15, 0.2) is 0 Å². The zero-order chi connectivity index (χ0) is 10.8. The summed E-state index contributed by atoms with van der Waals surface area (Å²) in [6, 6.07) is 11.8. The average Bonchev–Trinajstić information content (AvgIpc) is 2.17. The predicted octanol–water partition coefficient (Wildman–Crippen LogP) is 3.01. The van der Waals surface area contributed by atoms with E-state index in [-0.39, 0.29) is 23.0 Å². The normalized spacial score (nSPS) is 12.1. The molecule has 3 heteroatoms. The Labute approximate surface area is 106 Å². The van der Waals surface area contributed by atoms with Crippen LogP contribution in [0.3, 0.4) is 0 Å². The van der Waals surface area contributed by atoms with Crippen LogP contribution in [0.25, 0.3) is 10.8 Å². The molecule has 0 fully saturated rings. The first kappa shape index (κ1) is 13.0. The Morgan fingerprint density at radius 2 is 1.75 bits per heavy atom. The van der Waals surface area contributed by atoms with Crippen molar-refractivity contribution in [3.63, 3.8) is 0 Å². The summed E-state index contributed by atoms with van der Waals surface area (Å²) in [6.45, 7) is 2.00. The van der Waals surface area contributed by atoms with Crippen molar-refractivity contribution >= 4 is 27.8 Å². The summed E-state index contributed by atoms with van der Waals surface area (Å²) in [6.07, 6.45) is 0.886. The summed E-state index contributed by atoms with van der Waals surface area (Å²) in [5, 5.41) is 11.5. The fourth-order valence-corrected chi connectivity index (χ4v) is 1.78. The molecule has 0 radical (unpaired) electrons. The van der Waals surface area contributed by atoms with E-state index in [9.17, 15) is 5.11 Å². The molecular weight excluding hydrogens is 266 g/mol. The molecule has 3 N–H and O–H groups in total. The van der Waals surface area contributed by atoms with E-state index in [0.29, 0.717) is 5.75 Å². The largest absolute Gasteiger partial charge is 0.508 e. The molecule has 0 aliphatic rings. The molecule has 1 atom stereocenters. The van der Waals surface area contributed by atoms with E-state index in [4.69, 9.17) is 5.73 Å². The van der Waals surface area contributed by atoms with Gasteiger partial charge in [-0.1, -0.05) is 24.3 Å². The van der Waals surface area contributed by atoms with E-state index in [2.05, 4.69) is 12.1 Å². The van der Waals surface area contributed by atoms with Crippen LogP contribution in [0.15, 0.2) is 36.4 Å². The van der Waals surface area contributed by atoms with E-state index in [1.807, 2.05) is 19.1 Å². The third-order valence-electron chi connectivity index (χ3n) is 2.45. The number of benzene rings is 2. The summed E-state index contributed by atoms with van der Waals surface area (Å²) >= 11 is 0. The molecule has 0 spiro atoms. The number of fused-ring (bicyclic) bond motifs is 1. The average molecular weight is 282 g/mol. The summed E-state index contributed by atoms with van der Waals surface area (Å²) in [5.74, 6) is 0.308. The van der Waals surface area contributed by atoms with Crippen LogP contribution in [-0.4, -0.2) is 11.1 Å². The zero-order valence-corrected chi connectivity index (χ0v) is 10.9. The van der Waals surface area contributed by atoms with Gasteiger partial charge in [-0.3, -0.25) is 0 Å². The van der Waals surface area contributed by atoms with Crippen LogP contribution >= 0.6 is 17.0 Å². The van der Waals surface area contributed by atoms with Gasteiger partial charge >= 0.3 is 0 Å². The van der Waals surface area contributed by atoms with Crippen LogP contribution in [0.5, 0.6) is 5.75 Å². The molecule has 2 rings (SSSR count). The Morgan fingerprint density at radius 1 is 1.12 bits per heavy atom. The van der Waals surface area contributed by atoms with Crippen molar-refractivity contribution in [2.24, 2.45) is 5.73 Å². The maximum atomic E-state index is 9.32. The molecule has 16 heavy (non-hydrogen) atoms. The molecule has 2 aromatic carbocycles. The highest BCUT2D eigenvalue weighted by molar-refractivity contribution is 8.93. The van der Waals surface area contributed by atoms with E-state index in [1.165, 1.54) is 5.56 Å². The summed E-state index contributed by atoms with van der Waals surface area (Å²) < 4.78 is 0. The number of phenols is 1. The number of rotatable bonds is 2. The molecule has 0 aliphatic carbocycles. The van der Waals surface area contributed by atoms with Crippen molar-refractivity contribution < 1.29 is 5.11 Å². The molecule has 1 unspecified atom stereocenters. The van der Waals surface area contributed by atoms with Gasteiger partial charge in [0, 0.05) is 6.04 Å². The van der Waals surface area contributed by atoms with Crippen molar-refractivity contribution in [3.8, 4) is 5.75 Å². The minimum atomic E-state index is 0. The summed E-state index contributed by atoms with van der Waals surface area (Å²) in [5.41, 5.74) is 6.99. The maximum absolute atomic E-state index is 9.32. The second-order valence-corrected chi connectivity index (χ2v) is 4.05. The van der Waals surface area contributed by atoms with E-state index in [1.54, 1.807) is 12.1 Å². The zero-order valence-electron chi connectivity index (χ0n) is 9.18. The standard InChI is InChI=1S/C13H15NO.BrH/c1-9(14)6-10-2-3-12-8-13(15)5-4-11(12)7-10;/h2-5,7-9,15H,6,14H2,1H3;1H. The lowest BCUT2D eigenvalue weighted by atomic mass is 10.0. The monoisotopic (exact) mass is 281 g/mol. The first-order chi connectivity index (χ1) is 7.15. The number of halogens is 1. The lowest BCUT2D eigenvalue weighted by Crippen LogP contribution is -2.17. The highest BCUT2D eigenvalue weighted by Crippen LogP contribution is 2.21. The van der Waals surface area contributed by atoms with Crippen molar-refractivity contribution in [1.29, 1.82) is 0 Å². The third kappa shape index (κ3) is 2.97. The number of hydrogen-bond acceptors (Lipinski definition) is 2. The third-order valence-corrected chi connectivity index (χ3v) is 2.45. The number of phenolic OH excluding ortho intramolecular Hbond substituents is 1. The Kier molecular flexibility index (Phi) is 4.33. The van der Waals surface area contributed by atoms with Gasteiger partial charge in [-0.15, -0.1) is 17.0 Å². The lowest BCUT2D eigenvalue weighted by molar-refractivity contribution is 0.476. The van der Waals surface area contributed by atoms with Gasteiger partial charge in [-0.2, -0.15) is 0 Å². The van der Waals surface area contributed by atoms with E-state index >= 15 is 0 Å². The minimum absolute atomic E-state index is 0. The molecule has 0 bridgehead atoms. The molecule has 0 amide bonds. The summed E-state index contributed by atoms with van der Waals surface area (Å²) in [7, 11) is 0. The van der Waals surface area contributed by atoms with Crippen molar-refractivity contribution in [3.05, 3.63) is 42.0 Å². The van der Waals surface area contributed by atoms with Crippen LogP contribution in [0.2, 0.25) is 0 Å². The van der Waals surface area contributed by atoms with Crippen molar-refractivity contribution in [2.45, 2.75) is 19.4 Å².